The number of nitrogens with one attached hydrogen (secondary N) is 1. The van der Waals surface area contributed by atoms with Gasteiger partial charge in [-0.2, -0.15) is 0 Å². The van der Waals surface area contributed by atoms with Crippen molar-refractivity contribution in [2.45, 2.75) is 12.5 Å². The van der Waals surface area contributed by atoms with E-state index in [2.05, 4.69) is 5.32 Å². The predicted octanol–water partition coefficient (Wildman–Crippen LogP) is 0.411. The Morgan fingerprint density at radius 1 is 1.80 bits per heavy atom. The summed E-state index contributed by atoms with van der Waals surface area (Å²) in [6.45, 7) is 2.29. The third-order valence-corrected chi connectivity index (χ3v) is 1.48. The number of hydrogen-bond acceptors (Lipinski definition) is 2. The fourth-order valence-electron chi connectivity index (χ4n) is 0.771. The molecule has 0 spiro atoms. The van der Waals surface area contributed by atoms with Crippen molar-refractivity contribution < 1.29 is 9.90 Å². The molecule has 10 heavy (non-hydrogen) atoms. The van der Waals surface area contributed by atoms with Crippen LogP contribution in [0.2, 0.25) is 0 Å². The van der Waals surface area contributed by atoms with E-state index in [1.165, 1.54) is 0 Å². The minimum atomic E-state index is -0.823. The van der Waals surface area contributed by atoms with Gasteiger partial charge in [0, 0.05) is 6.54 Å². The highest BCUT2D eigenvalue weighted by atomic mass is 35.5. The summed E-state index contributed by atoms with van der Waals surface area (Å²) in [6.07, 6.45) is 3.48. The van der Waals surface area contributed by atoms with Crippen molar-refractivity contribution in [1.29, 1.82) is 0 Å². The van der Waals surface area contributed by atoms with E-state index in [0.717, 1.165) is 0 Å². The molecule has 0 saturated heterocycles. The van der Waals surface area contributed by atoms with E-state index in [4.69, 9.17) is 5.11 Å². The summed E-state index contributed by atoms with van der Waals surface area (Å²) in [5.74, 6) is -0.823. The number of rotatable bonds is 1. The topological polar surface area (TPSA) is 49.3 Å². The van der Waals surface area contributed by atoms with Crippen LogP contribution in [0.3, 0.4) is 0 Å². The molecule has 1 heterocycles. The number of carboxylic acid groups (broad SMARTS) is 1. The lowest BCUT2D eigenvalue weighted by Gasteiger charge is -2.15. The SMILES string of the molecule is CC1(C(=O)O)C=CCN1.Cl. The van der Waals surface area contributed by atoms with Gasteiger partial charge in [-0.1, -0.05) is 12.2 Å². The number of halogens is 1. The number of carbonyl (C=O) groups is 1. The maximum atomic E-state index is 10.4. The molecule has 4 heteroatoms. The van der Waals surface area contributed by atoms with Gasteiger partial charge in [-0.05, 0) is 6.92 Å². The molecule has 1 unspecified atom stereocenters. The predicted molar refractivity (Wildman–Crippen MR) is 40.4 cm³/mol. The molecule has 58 valence electrons. The molecule has 1 atom stereocenters. The van der Waals surface area contributed by atoms with Crippen molar-refractivity contribution in [1.82, 2.24) is 5.32 Å². The minimum absolute atomic E-state index is 0. The Morgan fingerprint density at radius 3 is 2.60 bits per heavy atom. The Kier molecular flexibility index (Phi) is 2.87. The lowest BCUT2D eigenvalue weighted by molar-refractivity contribution is -0.141. The third kappa shape index (κ3) is 1.49. The summed E-state index contributed by atoms with van der Waals surface area (Å²) in [5.41, 5.74) is -0.819. The molecule has 0 bridgehead atoms. The quantitative estimate of drug-likeness (QED) is 0.551. The molecule has 0 aromatic heterocycles. The monoisotopic (exact) mass is 163 g/mol. The molecule has 3 nitrogen and oxygen atoms in total. The largest absolute Gasteiger partial charge is 0.480 e. The Morgan fingerprint density at radius 2 is 2.40 bits per heavy atom. The van der Waals surface area contributed by atoms with Gasteiger partial charge in [-0.25, -0.2) is 4.79 Å². The van der Waals surface area contributed by atoms with Gasteiger partial charge >= 0.3 is 5.97 Å². The van der Waals surface area contributed by atoms with Crippen molar-refractivity contribution in [3.8, 4) is 0 Å². The molecule has 0 aliphatic carbocycles. The zero-order valence-corrected chi connectivity index (χ0v) is 6.44. The Labute approximate surface area is 65.5 Å². The van der Waals surface area contributed by atoms with Crippen LogP contribution in [0.5, 0.6) is 0 Å². The van der Waals surface area contributed by atoms with E-state index in [9.17, 15) is 4.79 Å². The van der Waals surface area contributed by atoms with E-state index in [1.54, 1.807) is 13.0 Å². The second kappa shape index (κ2) is 3.03. The summed E-state index contributed by atoms with van der Waals surface area (Å²) in [4.78, 5) is 10.4. The zero-order chi connectivity index (χ0) is 6.91. The Bertz CT molecular complexity index is 169. The van der Waals surface area contributed by atoms with Crippen LogP contribution in [0.15, 0.2) is 12.2 Å². The standard InChI is InChI=1S/C6H9NO2.ClH/c1-6(5(8)9)3-2-4-7-6;/h2-3,7H,4H2,1H3,(H,8,9);1H. The first-order valence-electron chi connectivity index (χ1n) is 2.81. The fraction of sp³-hybridized carbons (Fsp3) is 0.500. The lowest BCUT2D eigenvalue weighted by Crippen LogP contribution is -2.44. The van der Waals surface area contributed by atoms with Crippen LogP contribution < -0.4 is 5.32 Å². The number of hydrogen-bond donors (Lipinski definition) is 2. The van der Waals surface area contributed by atoms with E-state index in [0.29, 0.717) is 6.54 Å². The van der Waals surface area contributed by atoms with Gasteiger partial charge in [0.15, 0.2) is 0 Å². The van der Waals surface area contributed by atoms with Crippen molar-refractivity contribution in [3.05, 3.63) is 12.2 Å². The highest BCUT2D eigenvalue weighted by molar-refractivity contribution is 5.85. The van der Waals surface area contributed by atoms with Gasteiger partial charge in [0.25, 0.3) is 0 Å². The molecule has 0 aromatic rings. The summed E-state index contributed by atoms with van der Waals surface area (Å²) in [7, 11) is 0. The maximum Gasteiger partial charge on any atom is 0.327 e. The molecule has 0 radical (unpaired) electrons. The van der Waals surface area contributed by atoms with Gasteiger partial charge in [0.2, 0.25) is 0 Å². The number of carboxylic acids is 1. The molecule has 0 saturated carbocycles. The molecular weight excluding hydrogens is 154 g/mol. The van der Waals surface area contributed by atoms with Crippen molar-refractivity contribution >= 4 is 18.4 Å². The zero-order valence-electron chi connectivity index (χ0n) is 5.63. The summed E-state index contributed by atoms with van der Waals surface area (Å²) >= 11 is 0. The molecule has 0 fully saturated rings. The van der Waals surface area contributed by atoms with Gasteiger partial charge < -0.3 is 5.11 Å². The van der Waals surface area contributed by atoms with Gasteiger partial charge in [-0.3, -0.25) is 5.32 Å². The molecule has 1 rings (SSSR count). The van der Waals surface area contributed by atoms with E-state index >= 15 is 0 Å². The summed E-state index contributed by atoms with van der Waals surface area (Å²) in [6, 6.07) is 0. The van der Waals surface area contributed by atoms with Crippen LogP contribution in [-0.4, -0.2) is 23.2 Å². The first kappa shape index (κ1) is 9.46. The second-order valence-corrected chi connectivity index (χ2v) is 2.29. The fourth-order valence-corrected chi connectivity index (χ4v) is 0.771. The molecule has 0 amide bonds. The van der Waals surface area contributed by atoms with Crippen molar-refractivity contribution in [2.24, 2.45) is 0 Å². The van der Waals surface area contributed by atoms with Crippen LogP contribution in [-0.2, 0) is 4.79 Å². The maximum absolute atomic E-state index is 10.4. The van der Waals surface area contributed by atoms with Crippen molar-refractivity contribution in [2.75, 3.05) is 6.54 Å². The van der Waals surface area contributed by atoms with Gasteiger partial charge in [0.1, 0.15) is 5.54 Å². The average Bonchev–Trinajstić information content (AvgIpc) is 2.16. The van der Waals surface area contributed by atoms with Crippen molar-refractivity contribution in [3.63, 3.8) is 0 Å². The number of aliphatic carboxylic acids is 1. The summed E-state index contributed by atoms with van der Waals surface area (Å²) < 4.78 is 0. The first-order chi connectivity index (χ1) is 4.15. The van der Waals surface area contributed by atoms with Gasteiger partial charge in [-0.15, -0.1) is 12.4 Å². The first-order valence-corrected chi connectivity index (χ1v) is 2.81. The van der Waals surface area contributed by atoms with Gasteiger partial charge in [0.05, 0.1) is 0 Å². The molecule has 0 aromatic carbocycles. The Balaban J connectivity index is 0.000000810. The minimum Gasteiger partial charge on any atom is -0.480 e. The average molecular weight is 164 g/mol. The highest BCUT2D eigenvalue weighted by Crippen LogP contribution is 2.09. The van der Waals surface area contributed by atoms with Crippen LogP contribution >= 0.6 is 12.4 Å². The molecular formula is C6H10ClNO2. The van der Waals surface area contributed by atoms with Crippen LogP contribution in [0.1, 0.15) is 6.92 Å². The molecule has 1 aliphatic heterocycles. The molecule has 1 aliphatic rings. The third-order valence-electron chi connectivity index (χ3n) is 1.48. The smallest absolute Gasteiger partial charge is 0.327 e. The summed E-state index contributed by atoms with van der Waals surface area (Å²) in [5, 5.41) is 11.4. The Hall–Kier alpha value is -0.540. The van der Waals surface area contributed by atoms with Crippen LogP contribution in [0.4, 0.5) is 0 Å². The second-order valence-electron chi connectivity index (χ2n) is 2.29. The van der Waals surface area contributed by atoms with Crippen LogP contribution in [0, 0.1) is 0 Å². The van der Waals surface area contributed by atoms with E-state index in [-0.39, 0.29) is 12.4 Å². The van der Waals surface area contributed by atoms with E-state index < -0.39 is 11.5 Å². The van der Waals surface area contributed by atoms with E-state index in [1.807, 2.05) is 6.08 Å². The van der Waals surface area contributed by atoms with Crippen LogP contribution in [0.25, 0.3) is 0 Å². The highest BCUT2D eigenvalue weighted by Gasteiger charge is 2.31. The normalized spacial score (nSPS) is 29.7. The lowest BCUT2D eigenvalue weighted by atomic mass is 10.1. The molecule has 2 N–H and O–H groups in total.